The molecular formula is C22H22N4O3. The van der Waals surface area contributed by atoms with Crippen molar-refractivity contribution in [2.75, 3.05) is 10.6 Å². The number of ether oxygens (including phenoxy) is 1. The molecule has 0 aliphatic heterocycles. The first-order chi connectivity index (χ1) is 13.9. The number of carbonyl (C=O) groups is 2. The molecule has 1 aromatic heterocycles. The summed E-state index contributed by atoms with van der Waals surface area (Å²) < 4.78 is 5.71. The zero-order valence-corrected chi connectivity index (χ0v) is 16.5. The third-order valence-corrected chi connectivity index (χ3v) is 3.96. The van der Waals surface area contributed by atoms with Crippen molar-refractivity contribution < 1.29 is 14.3 Å². The monoisotopic (exact) mass is 390 g/mol. The summed E-state index contributed by atoms with van der Waals surface area (Å²) in [5.74, 6) is 0.707. The number of aromatic nitrogens is 2. The molecule has 1 amide bonds. The number of para-hydroxylation sites is 2. The molecule has 0 saturated heterocycles. The van der Waals surface area contributed by atoms with Gasteiger partial charge in [0.25, 0.3) is 5.91 Å². The standard InChI is InChI=1S/C22H22N4O3/c1-14(2)29-20-7-5-4-6-18(20)24-22(28)19-12-13-21(26-25-19)23-17-10-8-16(9-11-17)15(3)27/h4-14H,1-3H3,(H,23,26)(H,24,28). The summed E-state index contributed by atoms with van der Waals surface area (Å²) in [6.45, 7) is 5.36. The summed E-state index contributed by atoms with van der Waals surface area (Å²) >= 11 is 0. The van der Waals surface area contributed by atoms with E-state index in [1.807, 2.05) is 26.0 Å². The van der Waals surface area contributed by atoms with E-state index in [-0.39, 0.29) is 23.5 Å². The van der Waals surface area contributed by atoms with Gasteiger partial charge in [-0.3, -0.25) is 9.59 Å². The van der Waals surface area contributed by atoms with E-state index < -0.39 is 0 Å². The van der Waals surface area contributed by atoms with Gasteiger partial charge in [0.05, 0.1) is 11.8 Å². The van der Waals surface area contributed by atoms with E-state index in [9.17, 15) is 9.59 Å². The van der Waals surface area contributed by atoms with E-state index in [1.165, 1.54) is 6.92 Å². The van der Waals surface area contributed by atoms with Crippen LogP contribution in [0.15, 0.2) is 60.7 Å². The number of hydrogen-bond donors (Lipinski definition) is 2. The second-order valence-corrected chi connectivity index (χ2v) is 6.68. The highest BCUT2D eigenvalue weighted by Gasteiger charge is 2.12. The maximum atomic E-state index is 12.5. The summed E-state index contributed by atoms with van der Waals surface area (Å²) in [7, 11) is 0. The molecule has 0 aliphatic carbocycles. The van der Waals surface area contributed by atoms with Gasteiger partial charge in [-0.2, -0.15) is 0 Å². The first kappa shape index (κ1) is 20.0. The predicted octanol–water partition coefficient (Wildman–Crippen LogP) is 4.46. The molecule has 0 atom stereocenters. The summed E-state index contributed by atoms with van der Waals surface area (Å²) in [5, 5.41) is 13.9. The minimum Gasteiger partial charge on any atom is -0.489 e. The van der Waals surface area contributed by atoms with Crippen molar-refractivity contribution >= 4 is 28.9 Å². The fourth-order valence-electron chi connectivity index (χ4n) is 2.57. The van der Waals surface area contributed by atoms with Crippen molar-refractivity contribution in [1.82, 2.24) is 10.2 Å². The Morgan fingerprint density at radius 3 is 2.28 bits per heavy atom. The van der Waals surface area contributed by atoms with Gasteiger partial charge in [-0.05, 0) is 69.3 Å². The van der Waals surface area contributed by atoms with Crippen LogP contribution in [0.25, 0.3) is 0 Å². The van der Waals surface area contributed by atoms with Gasteiger partial charge in [0.15, 0.2) is 17.3 Å². The molecule has 7 nitrogen and oxygen atoms in total. The highest BCUT2D eigenvalue weighted by atomic mass is 16.5. The topological polar surface area (TPSA) is 93.2 Å². The summed E-state index contributed by atoms with van der Waals surface area (Å²) in [5.41, 5.74) is 2.15. The Labute approximate surface area is 169 Å². The fraction of sp³-hybridized carbons (Fsp3) is 0.182. The lowest BCUT2D eigenvalue weighted by molar-refractivity contribution is 0.101. The molecule has 148 valence electrons. The van der Waals surface area contributed by atoms with Crippen LogP contribution in [-0.4, -0.2) is 28.0 Å². The molecule has 2 N–H and O–H groups in total. The third-order valence-electron chi connectivity index (χ3n) is 3.96. The number of amides is 1. The van der Waals surface area contributed by atoms with Gasteiger partial charge < -0.3 is 15.4 Å². The molecule has 2 aromatic carbocycles. The Morgan fingerprint density at radius 1 is 0.931 bits per heavy atom. The van der Waals surface area contributed by atoms with Crippen LogP contribution in [0.3, 0.4) is 0 Å². The molecule has 0 spiro atoms. The van der Waals surface area contributed by atoms with Crippen LogP contribution in [-0.2, 0) is 0 Å². The van der Waals surface area contributed by atoms with Crippen molar-refractivity contribution in [1.29, 1.82) is 0 Å². The van der Waals surface area contributed by atoms with Crippen molar-refractivity contribution in [3.63, 3.8) is 0 Å². The number of ketones is 1. The fourth-order valence-corrected chi connectivity index (χ4v) is 2.57. The third kappa shape index (κ3) is 5.38. The maximum Gasteiger partial charge on any atom is 0.276 e. The van der Waals surface area contributed by atoms with Crippen molar-refractivity contribution in [3.8, 4) is 5.75 Å². The molecule has 0 bridgehead atoms. The molecule has 3 rings (SSSR count). The zero-order valence-electron chi connectivity index (χ0n) is 16.5. The van der Waals surface area contributed by atoms with Gasteiger partial charge in [-0.25, -0.2) is 0 Å². The summed E-state index contributed by atoms with van der Waals surface area (Å²) in [6.07, 6.45) is -0.0114. The lowest BCUT2D eigenvalue weighted by atomic mass is 10.1. The molecule has 7 heteroatoms. The van der Waals surface area contributed by atoms with Crippen molar-refractivity contribution in [3.05, 3.63) is 71.9 Å². The first-order valence-electron chi connectivity index (χ1n) is 9.21. The highest BCUT2D eigenvalue weighted by molar-refractivity contribution is 6.03. The lowest BCUT2D eigenvalue weighted by Crippen LogP contribution is -2.16. The Balaban J connectivity index is 1.67. The number of rotatable bonds is 7. The van der Waals surface area contributed by atoms with E-state index >= 15 is 0 Å². The van der Waals surface area contributed by atoms with Crippen molar-refractivity contribution in [2.45, 2.75) is 26.9 Å². The Morgan fingerprint density at radius 2 is 1.66 bits per heavy atom. The molecular weight excluding hydrogens is 368 g/mol. The number of carbonyl (C=O) groups excluding carboxylic acids is 2. The van der Waals surface area contributed by atoms with Gasteiger partial charge in [0, 0.05) is 11.3 Å². The molecule has 0 unspecified atom stereocenters. The van der Waals surface area contributed by atoms with Crippen LogP contribution in [0, 0.1) is 0 Å². The number of hydrogen-bond acceptors (Lipinski definition) is 6. The van der Waals surface area contributed by atoms with Gasteiger partial charge in [-0.15, -0.1) is 10.2 Å². The smallest absolute Gasteiger partial charge is 0.276 e. The van der Waals surface area contributed by atoms with E-state index in [4.69, 9.17) is 4.74 Å². The van der Waals surface area contributed by atoms with Gasteiger partial charge in [-0.1, -0.05) is 12.1 Å². The number of nitrogens with zero attached hydrogens (tertiary/aromatic N) is 2. The van der Waals surface area contributed by atoms with Crippen molar-refractivity contribution in [2.24, 2.45) is 0 Å². The number of anilines is 3. The zero-order chi connectivity index (χ0) is 20.8. The SMILES string of the molecule is CC(=O)c1ccc(Nc2ccc(C(=O)Nc3ccccc3OC(C)C)nn2)cc1. The minimum atomic E-state index is -0.380. The molecule has 0 fully saturated rings. The molecule has 0 radical (unpaired) electrons. The Kier molecular flexibility index (Phi) is 6.19. The van der Waals surface area contributed by atoms with E-state index in [0.29, 0.717) is 22.8 Å². The number of nitrogens with one attached hydrogen (secondary N) is 2. The van der Waals surface area contributed by atoms with E-state index in [2.05, 4.69) is 20.8 Å². The largest absolute Gasteiger partial charge is 0.489 e. The molecule has 3 aromatic rings. The normalized spacial score (nSPS) is 10.5. The second kappa shape index (κ2) is 8.97. The van der Waals surface area contributed by atoms with Gasteiger partial charge in [0.2, 0.25) is 0 Å². The molecule has 0 aliphatic rings. The molecule has 29 heavy (non-hydrogen) atoms. The first-order valence-corrected chi connectivity index (χ1v) is 9.21. The highest BCUT2D eigenvalue weighted by Crippen LogP contribution is 2.25. The number of Topliss-reactive ketones (excluding diaryl/α,β-unsaturated/α-hetero) is 1. The minimum absolute atomic E-state index is 0.00655. The molecule has 0 saturated carbocycles. The summed E-state index contributed by atoms with van der Waals surface area (Å²) in [6, 6.07) is 17.5. The average Bonchev–Trinajstić information content (AvgIpc) is 2.70. The van der Waals surface area contributed by atoms with Crippen LogP contribution in [0.5, 0.6) is 5.75 Å². The van der Waals surface area contributed by atoms with E-state index in [1.54, 1.807) is 48.5 Å². The lowest BCUT2D eigenvalue weighted by Gasteiger charge is -2.14. The van der Waals surface area contributed by atoms with Crippen LogP contribution in [0.1, 0.15) is 41.6 Å². The average molecular weight is 390 g/mol. The van der Waals surface area contributed by atoms with Crippen LogP contribution < -0.4 is 15.4 Å². The van der Waals surface area contributed by atoms with Gasteiger partial charge in [0.1, 0.15) is 5.75 Å². The summed E-state index contributed by atoms with van der Waals surface area (Å²) in [4.78, 5) is 23.8. The Hall–Kier alpha value is -3.74. The maximum absolute atomic E-state index is 12.5. The Bertz CT molecular complexity index is 999. The molecule has 1 heterocycles. The predicted molar refractivity (Wildman–Crippen MR) is 112 cm³/mol. The van der Waals surface area contributed by atoms with Crippen LogP contribution in [0.2, 0.25) is 0 Å². The van der Waals surface area contributed by atoms with E-state index in [0.717, 1.165) is 5.69 Å². The van der Waals surface area contributed by atoms with Gasteiger partial charge >= 0.3 is 0 Å². The second-order valence-electron chi connectivity index (χ2n) is 6.68. The quantitative estimate of drug-likeness (QED) is 0.579. The van der Waals surface area contributed by atoms with Crippen LogP contribution in [0.4, 0.5) is 17.2 Å². The van der Waals surface area contributed by atoms with Crippen LogP contribution >= 0.6 is 0 Å². The number of benzene rings is 2.